The van der Waals surface area contributed by atoms with Crippen molar-refractivity contribution in [3.8, 4) is 0 Å². The van der Waals surface area contributed by atoms with Crippen molar-refractivity contribution in [3.05, 3.63) is 62.7 Å². The van der Waals surface area contributed by atoms with Gasteiger partial charge in [-0.3, -0.25) is 9.59 Å². The van der Waals surface area contributed by atoms with E-state index in [0.29, 0.717) is 21.3 Å². The number of thioether (sulfide) groups is 3. The molecule has 38 heavy (non-hydrogen) atoms. The molecule has 0 radical (unpaired) electrons. The highest BCUT2D eigenvalue weighted by atomic mass is 35.5. The molecule has 10 heteroatoms. The highest BCUT2D eigenvalue weighted by Crippen LogP contribution is 2.43. The summed E-state index contributed by atoms with van der Waals surface area (Å²) in [5.41, 5.74) is 1.16. The van der Waals surface area contributed by atoms with Crippen molar-refractivity contribution < 1.29 is 0 Å². The van der Waals surface area contributed by atoms with E-state index in [4.69, 9.17) is 11.6 Å². The first kappa shape index (κ1) is 30.6. The number of nitrogens with zero attached hydrogens (tertiary/aromatic N) is 2. The smallest absolute Gasteiger partial charge is 0.258 e. The molecule has 6 nitrogen and oxygen atoms in total. The van der Waals surface area contributed by atoms with Crippen LogP contribution in [0.3, 0.4) is 0 Å². The highest BCUT2D eigenvalue weighted by Gasteiger charge is 2.21. The number of nitrogens with one attached hydrogen (secondary N) is 2. The molecule has 2 aromatic heterocycles. The summed E-state index contributed by atoms with van der Waals surface area (Å²) in [7, 11) is 0. The fourth-order valence-electron chi connectivity index (χ4n) is 3.37. The predicted octanol–water partition coefficient (Wildman–Crippen LogP) is 8.17. The fourth-order valence-corrected chi connectivity index (χ4v) is 6.88. The van der Waals surface area contributed by atoms with Crippen LogP contribution in [0.5, 0.6) is 0 Å². The average Bonchev–Trinajstić information content (AvgIpc) is 2.73. The Labute approximate surface area is 241 Å². The number of halogens is 1. The van der Waals surface area contributed by atoms with Crippen LogP contribution >= 0.6 is 46.9 Å². The first-order valence-corrected chi connectivity index (χ1v) is 15.0. The highest BCUT2D eigenvalue weighted by molar-refractivity contribution is 8.03. The number of aromatic nitrogens is 4. The van der Waals surface area contributed by atoms with E-state index in [1.54, 1.807) is 35.7 Å². The van der Waals surface area contributed by atoms with Gasteiger partial charge in [-0.25, -0.2) is 9.97 Å². The van der Waals surface area contributed by atoms with Gasteiger partial charge in [-0.1, -0.05) is 73.9 Å². The van der Waals surface area contributed by atoms with Gasteiger partial charge in [0.15, 0.2) is 0 Å². The number of hydrogen-bond acceptors (Lipinski definition) is 7. The van der Waals surface area contributed by atoms with Crippen LogP contribution in [0.2, 0.25) is 5.02 Å². The van der Waals surface area contributed by atoms with Gasteiger partial charge in [-0.05, 0) is 24.3 Å². The molecule has 2 aromatic carbocycles. The standard InChI is InChI=1S/C16H22N2OS2.C12H13ClN2OS/c1-15(2,3)20-12-7-10-11(17-9-18-14(10)19)8-13(12)21-16(4,5)6;1-12(2,3)17-10-4-7-9(5-8(10)13)14-6-15-11(7)16/h7-9H,1-6H3,(H,17,18,19);4-6H,1-3H3,(H,14,15,16). The minimum atomic E-state index is -0.137. The number of hydrogen-bond donors (Lipinski definition) is 2. The SMILES string of the molecule is CC(C)(C)Sc1cc2c(=O)[nH]cnc2cc1Cl.CC(C)(C)Sc1cc2nc[nH]c(=O)c2cc1SC(C)(C)C. The minimum absolute atomic E-state index is 0.0479. The summed E-state index contributed by atoms with van der Waals surface area (Å²) >= 11 is 11.4. The van der Waals surface area contributed by atoms with Crippen LogP contribution in [0.25, 0.3) is 21.8 Å². The Hall–Kier alpha value is -1.94. The lowest BCUT2D eigenvalue weighted by Gasteiger charge is -2.24. The van der Waals surface area contributed by atoms with E-state index in [0.717, 1.165) is 15.3 Å². The van der Waals surface area contributed by atoms with Gasteiger partial charge in [0.05, 0.1) is 39.5 Å². The van der Waals surface area contributed by atoms with Crippen molar-refractivity contribution in [1.82, 2.24) is 19.9 Å². The second kappa shape index (κ2) is 11.7. The van der Waals surface area contributed by atoms with Gasteiger partial charge in [0.1, 0.15) is 0 Å². The van der Waals surface area contributed by atoms with Gasteiger partial charge in [0.2, 0.25) is 0 Å². The lowest BCUT2D eigenvalue weighted by atomic mass is 10.2. The fraction of sp³-hybridized carbons (Fsp3) is 0.429. The van der Waals surface area contributed by atoms with Crippen molar-refractivity contribution in [3.63, 3.8) is 0 Å². The number of fused-ring (bicyclic) bond motifs is 2. The third-order valence-electron chi connectivity index (χ3n) is 4.65. The summed E-state index contributed by atoms with van der Waals surface area (Å²) in [5, 5.41) is 1.86. The van der Waals surface area contributed by atoms with Gasteiger partial charge in [0, 0.05) is 28.9 Å². The lowest BCUT2D eigenvalue weighted by molar-refractivity contribution is 0.795. The molecule has 0 aliphatic rings. The van der Waals surface area contributed by atoms with Crippen LogP contribution in [-0.4, -0.2) is 34.2 Å². The van der Waals surface area contributed by atoms with Crippen LogP contribution in [0.1, 0.15) is 62.3 Å². The molecule has 0 aliphatic heterocycles. The zero-order chi connectivity index (χ0) is 28.5. The van der Waals surface area contributed by atoms with E-state index in [2.05, 4.69) is 82.2 Å². The van der Waals surface area contributed by atoms with E-state index in [-0.39, 0.29) is 25.4 Å². The number of benzene rings is 2. The zero-order valence-corrected chi connectivity index (χ0v) is 26.5. The summed E-state index contributed by atoms with van der Waals surface area (Å²) in [5.74, 6) is 0. The Kier molecular flexibility index (Phi) is 9.39. The van der Waals surface area contributed by atoms with Gasteiger partial charge >= 0.3 is 0 Å². The summed E-state index contributed by atoms with van der Waals surface area (Å²) in [6.45, 7) is 19.4. The van der Waals surface area contributed by atoms with Crippen molar-refractivity contribution in [2.24, 2.45) is 0 Å². The first-order valence-electron chi connectivity index (χ1n) is 12.2. The molecular weight excluding hydrogens is 556 g/mol. The quantitative estimate of drug-likeness (QED) is 0.232. The van der Waals surface area contributed by atoms with Crippen LogP contribution in [0, 0.1) is 0 Å². The van der Waals surface area contributed by atoms with Crippen molar-refractivity contribution in [2.75, 3.05) is 0 Å². The lowest BCUT2D eigenvalue weighted by Crippen LogP contribution is -2.11. The van der Waals surface area contributed by atoms with Crippen LogP contribution in [0.15, 0.2) is 61.2 Å². The summed E-state index contributed by atoms with van der Waals surface area (Å²) in [4.78, 5) is 40.5. The summed E-state index contributed by atoms with van der Waals surface area (Å²) in [6.07, 6.45) is 2.85. The predicted molar refractivity (Wildman–Crippen MR) is 167 cm³/mol. The second-order valence-corrected chi connectivity index (χ2v) is 17.7. The van der Waals surface area contributed by atoms with Crippen LogP contribution < -0.4 is 11.1 Å². The molecule has 0 saturated carbocycles. The molecule has 0 bridgehead atoms. The van der Waals surface area contributed by atoms with E-state index in [1.807, 2.05) is 23.9 Å². The third-order valence-corrected chi connectivity index (χ3v) is 8.71. The molecular formula is C28H35ClN4O2S3. The van der Waals surface area contributed by atoms with Gasteiger partial charge < -0.3 is 9.97 Å². The molecule has 2 N–H and O–H groups in total. The van der Waals surface area contributed by atoms with Gasteiger partial charge in [-0.15, -0.1) is 35.3 Å². The number of rotatable bonds is 3. The molecule has 2 heterocycles. The van der Waals surface area contributed by atoms with Gasteiger partial charge in [0.25, 0.3) is 11.1 Å². The molecule has 4 aromatic rings. The Bertz CT molecular complexity index is 1560. The number of aromatic amines is 2. The van der Waals surface area contributed by atoms with E-state index >= 15 is 0 Å². The van der Waals surface area contributed by atoms with Crippen molar-refractivity contribution in [1.29, 1.82) is 0 Å². The average molecular weight is 591 g/mol. The maximum Gasteiger partial charge on any atom is 0.258 e. The van der Waals surface area contributed by atoms with Crippen LogP contribution in [0.4, 0.5) is 0 Å². The van der Waals surface area contributed by atoms with Crippen molar-refractivity contribution >= 4 is 68.7 Å². The van der Waals surface area contributed by atoms with E-state index in [1.165, 1.54) is 17.6 Å². The molecule has 0 amide bonds. The van der Waals surface area contributed by atoms with Gasteiger partial charge in [-0.2, -0.15) is 0 Å². The Morgan fingerprint density at radius 2 is 0.974 bits per heavy atom. The van der Waals surface area contributed by atoms with Crippen LogP contribution in [-0.2, 0) is 0 Å². The van der Waals surface area contributed by atoms with E-state index < -0.39 is 0 Å². The topological polar surface area (TPSA) is 91.5 Å². The molecule has 0 fully saturated rings. The van der Waals surface area contributed by atoms with Crippen molar-refractivity contribution in [2.45, 2.75) is 91.2 Å². The third kappa shape index (κ3) is 8.79. The zero-order valence-electron chi connectivity index (χ0n) is 23.3. The molecule has 4 rings (SSSR count). The van der Waals surface area contributed by atoms with E-state index in [9.17, 15) is 9.59 Å². The first-order chi connectivity index (χ1) is 17.4. The summed E-state index contributed by atoms with van der Waals surface area (Å²) in [6, 6.07) is 7.55. The Morgan fingerprint density at radius 1 is 0.605 bits per heavy atom. The summed E-state index contributed by atoms with van der Waals surface area (Å²) < 4.78 is 0.254. The molecule has 0 unspecified atom stereocenters. The normalized spacial score (nSPS) is 12.5. The molecule has 0 saturated heterocycles. The maximum atomic E-state index is 12.0. The maximum absolute atomic E-state index is 12.0. The second-order valence-electron chi connectivity index (χ2n) is 11.7. The Balaban J connectivity index is 0.000000215. The molecule has 0 aliphatic carbocycles. The Morgan fingerprint density at radius 3 is 1.42 bits per heavy atom. The monoisotopic (exact) mass is 590 g/mol. The largest absolute Gasteiger partial charge is 0.313 e. The molecule has 204 valence electrons. The minimum Gasteiger partial charge on any atom is -0.313 e. The number of H-pyrrole nitrogens is 2. The molecule has 0 atom stereocenters. The molecule has 0 spiro atoms.